The summed E-state index contributed by atoms with van der Waals surface area (Å²) in [6, 6.07) is 18.3. The molecule has 2 heterocycles. The molecule has 1 aromatic heterocycles. The highest BCUT2D eigenvalue weighted by atomic mass is 16.5. The summed E-state index contributed by atoms with van der Waals surface area (Å²) >= 11 is 0. The Hall–Kier alpha value is -3.67. The number of methoxy groups -OCH3 is 1. The zero-order chi connectivity index (χ0) is 20.4. The molecule has 0 N–H and O–H groups in total. The third kappa shape index (κ3) is 3.69. The Bertz CT molecular complexity index is 1090. The molecule has 1 unspecified atom stereocenters. The Morgan fingerprint density at radius 1 is 1.14 bits per heavy atom. The fourth-order valence-corrected chi connectivity index (χ4v) is 3.44. The molecule has 146 valence electrons. The monoisotopic (exact) mass is 388 g/mol. The largest absolute Gasteiger partial charge is 0.497 e. The second kappa shape index (κ2) is 7.75. The van der Waals surface area contributed by atoms with Crippen LogP contribution in [0, 0.1) is 5.92 Å². The number of carbonyl (C=O) groups is 2. The van der Waals surface area contributed by atoms with Gasteiger partial charge in [0.1, 0.15) is 17.4 Å². The standard InChI is InChI=1S/C23H20N2O4/c1-15-22(23(27)25(24-15)18-8-4-9-19(14-18)28-2)20(26)13-16-6-3-7-17(12-16)21-10-5-11-29-21/h3-12,14,22H,13H2,1-2H3. The number of carbonyl (C=O) groups excluding carboxylic acids is 2. The van der Waals surface area contributed by atoms with Gasteiger partial charge in [-0.25, -0.2) is 0 Å². The lowest BCUT2D eigenvalue weighted by Crippen LogP contribution is -2.33. The smallest absolute Gasteiger partial charge is 0.263 e. The van der Waals surface area contributed by atoms with E-state index in [0.29, 0.717) is 17.1 Å². The molecule has 2 aromatic carbocycles. The van der Waals surface area contributed by atoms with Crippen LogP contribution in [-0.2, 0) is 16.0 Å². The summed E-state index contributed by atoms with van der Waals surface area (Å²) in [7, 11) is 1.56. The maximum Gasteiger partial charge on any atom is 0.263 e. The Morgan fingerprint density at radius 3 is 2.72 bits per heavy atom. The molecular formula is C23H20N2O4. The van der Waals surface area contributed by atoms with Gasteiger partial charge < -0.3 is 9.15 Å². The lowest BCUT2D eigenvalue weighted by molar-refractivity contribution is -0.128. The van der Waals surface area contributed by atoms with Crippen LogP contribution >= 0.6 is 0 Å². The van der Waals surface area contributed by atoms with E-state index in [2.05, 4.69) is 5.10 Å². The van der Waals surface area contributed by atoms with Gasteiger partial charge in [0.05, 0.1) is 24.8 Å². The van der Waals surface area contributed by atoms with Crippen LogP contribution in [0.3, 0.4) is 0 Å². The Balaban J connectivity index is 1.53. The highest BCUT2D eigenvalue weighted by Gasteiger charge is 2.39. The number of Topliss-reactive ketones (excluding diaryl/α,β-unsaturated/α-hetero) is 1. The van der Waals surface area contributed by atoms with Crippen molar-refractivity contribution in [2.45, 2.75) is 13.3 Å². The Kier molecular flexibility index (Phi) is 4.99. The highest BCUT2D eigenvalue weighted by Crippen LogP contribution is 2.28. The molecule has 1 aliphatic rings. The SMILES string of the molecule is COc1cccc(N2N=C(C)C(C(=O)Cc3cccc(-c4ccco4)c3)C2=O)c1. The summed E-state index contributed by atoms with van der Waals surface area (Å²) in [6.07, 6.45) is 1.75. The number of rotatable bonds is 6. The molecule has 1 aliphatic heterocycles. The Morgan fingerprint density at radius 2 is 1.97 bits per heavy atom. The van der Waals surface area contributed by atoms with Gasteiger partial charge >= 0.3 is 0 Å². The number of ketones is 1. The first kappa shape index (κ1) is 18.7. The number of benzene rings is 2. The molecule has 6 nitrogen and oxygen atoms in total. The number of anilines is 1. The zero-order valence-electron chi connectivity index (χ0n) is 16.2. The zero-order valence-corrected chi connectivity index (χ0v) is 16.2. The third-order valence-electron chi connectivity index (χ3n) is 4.86. The predicted octanol–water partition coefficient (Wildman–Crippen LogP) is 4.11. The van der Waals surface area contributed by atoms with E-state index in [9.17, 15) is 9.59 Å². The number of hydrazone groups is 1. The van der Waals surface area contributed by atoms with Crippen molar-refractivity contribution in [3.63, 3.8) is 0 Å². The van der Waals surface area contributed by atoms with Crippen molar-refractivity contribution >= 4 is 23.1 Å². The molecule has 0 spiro atoms. The van der Waals surface area contributed by atoms with Gasteiger partial charge in [0.15, 0.2) is 5.78 Å². The maximum absolute atomic E-state index is 13.0. The van der Waals surface area contributed by atoms with E-state index in [1.807, 2.05) is 36.4 Å². The molecule has 29 heavy (non-hydrogen) atoms. The van der Waals surface area contributed by atoms with Gasteiger partial charge in [-0.1, -0.05) is 24.3 Å². The molecule has 0 aliphatic carbocycles. The molecule has 6 heteroatoms. The van der Waals surface area contributed by atoms with Crippen molar-refractivity contribution in [3.05, 3.63) is 72.5 Å². The summed E-state index contributed by atoms with van der Waals surface area (Å²) in [5.41, 5.74) is 2.78. The number of hydrogen-bond donors (Lipinski definition) is 0. The first-order valence-electron chi connectivity index (χ1n) is 9.25. The number of amides is 1. The van der Waals surface area contributed by atoms with Crippen molar-refractivity contribution in [1.29, 1.82) is 0 Å². The average molecular weight is 388 g/mol. The maximum atomic E-state index is 13.0. The second-order valence-corrected chi connectivity index (χ2v) is 6.85. The van der Waals surface area contributed by atoms with Gasteiger partial charge in [-0.05, 0) is 42.8 Å². The third-order valence-corrected chi connectivity index (χ3v) is 4.86. The van der Waals surface area contributed by atoms with E-state index in [-0.39, 0.29) is 18.1 Å². The molecule has 0 saturated heterocycles. The van der Waals surface area contributed by atoms with Gasteiger partial charge in [-0.3, -0.25) is 9.59 Å². The summed E-state index contributed by atoms with van der Waals surface area (Å²) in [5.74, 6) is -0.0551. The molecule has 1 atom stereocenters. The van der Waals surface area contributed by atoms with E-state index in [4.69, 9.17) is 9.15 Å². The van der Waals surface area contributed by atoms with Crippen LogP contribution in [0.4, 0.5) is 5.69 Å². The quantitative estimate of drug-likeness (QED) is 0.596. The van der Waals surface area contributed by atoms with Crippen molar-refractivity contribution in [2.24, 2.45) is 11.0 Å². The van der Waals surface area contributed by atoms with Gasteiger partial charge in [0, 0.05) is 18.1 Å². The van der Waals surface area contributed by atoms with Gasteiger partial charge in [0.25, 0.3) is 5.91 Å². The number of furan rings is 1. The second-order valence-electron chi connectivity index (χ2n) is 6.85. The lowest BCUT2D eigenvalue weighted by Gasteiger charge is -2.15. The summed E-state index contributed by atoms with van der Waals surface area (Å²) in [4.78, 5) is 25.9. The van der Waals surface area contributed by atoms with Crippen LogP contribution in [0.1, 0.15) is 12.5 Å². The predicted molar refractivity (Wildman–Crippen MR) is 110 cm³/mol. The summed E-state index contributed by atoms with van der Waals surface area (Å²) in [5, 5.41) is 5.60. The first-order chi connectivity index (χ1) is 14.1. The molecule has 1 amide bonds. The highest BCUT2D eigenvalue weighted by molar-refractivity contribution is 6.27. The van der Waals surface area contributed by atoms with Gasteiger partial charge in [0.2, 0.25) is 0 Å². The van der Waals surface area contributed by atoms with Crippen LogP contribution in [-0.4, -0.2) is 24.5 Å². The molecule has 0 saturated carbocycles. The van der Waals surface area contributed by atoms with Crippen molar-refractivity contribution in [2.75, 3.05) is 12.1 Å². The molecule has 4 rings (SSSR count). The average Bonchev–Trinajstić information content (AvgIpc) is 3.36. The van der Waals surface area contributed by atoms with Crippen LogP contribution < -0.4 is 9.75 Å². The first-order valence-corrected chi connectivity index (χ1v) is 9.25. The van der Waals surface area contributed by atoms with Crippen molar-refractivity contribution in [3.8, 4) is 17.1 Å². The van der Waals surface area contributed by atoms with E-state index in [1.165, 1.54) is 5.01 Å². The normalized spacial score (nSPS) is 16.1. The van der Waals surface area contributed by atoms with E-state index in [1.54, 1.807) is 44.6 Å². The minimum Gasteiger partial charge on any atom is -0.497 e. The van der Waals surface area contributed by atoms with Crippen LogP contribution in [0.5, 0.6) is 5.75 Å². The van der Waals surface area contributed by atoms with Crippen molar-refractivity contribution < 1.29 is 18.7 Å². The molecule has 0 fully saturated rings. The Labute approximate surface area is 168 Å². The minimum atomic E-state index is -0.881. The summed E-state index contributed by atoms with van der Waals surface area (Å²) in [6.45, 7) is 1.71. The van der Waals surface area contributed by atoms with Crippen LogP contribution in [0.25, 0.3) is 11.3 Å². The van der Waals surface area contributed by atoms with E-state index < -0.39 is 5.92 Å². The van der Waals surface area contributed by atoms with E-state index >= 15 is 0 Å². The van der Waals surface area contributed by atoms with Gasteiger partial charge in [-0.15, -0.1) is 0 Å². The number of ether oxygens (including phenoxy) is 1. The minimum absolute atomic E-state index is 0.143. The number of hydrogen-bond acceptors (Lipinski definition) is 5. The molecule has 3 aromatic rings. The van der Waals surface area contributed by atoms with Crippen molar-refractivity contribution in [1.82, 2.24) is 0 Å². The molecular weight excluding hydrogens is 368 g/mol. The fraction of sp³-hybridized carbons (Fsp3) is 0.174. The van der Waals surface area contributed by atoms with Crippen LogP contribution in [0.2, 0.25) is 0 Å². The molecule has 0 radical (unpaired) electrons. The van der Waals surface area contributed by atoms with Gasteiger partial charge in [-0.2, -0.15) is 10.1 Å². The number of nitrogens with zero attached hydrogens (tertiary/aromatic N) is 2. The van der Waals surface area contributed by atoms with E-state index in [0.717, 1.165) is 16.9 Å². The summed E-state index contributed by atoms with van der Waals surface area (Å²) < 4.78 is 10.6. The lowest BCUT2D eigenvalue weighted by atomic mass is 9.93. The van der Waals surface area contributed by atoms with Crippen LogP contribution in [0.15, 0.2) is 76.4 Å². The topological polar surface area (TPSA) is 72.1 Å². The molecule has 0 bridgehead atoms. The fourth-order valence-electron chi connectivity index (χ4n) is 3.44.